The van der Waals surface area contributed by atoms with Crippen LogP contribution in [-0.2, 0) is 12.3 Å². The molecule has 160 valence electrons. The molecular formula is C22H19ClN8S. The number of benzene rings is 2. The van der Waals surface area contributed by atoms with Gasteiger partial charge in [-0.15, -0.1) is 10.2 Å². The second kappa shape index (κ2) is 8.97. The van der Waals surface area contributed by atoms with Crippen molar-refractivity contribution in [3.05, 3.63) is 77.7 Å². The first-order valence-electron chi connectivity index (χ1n) is 10.0. The summed E-state index contributed by atoms with van der Waals surface area (Å²) in [7, 11) is 0. The third kappa shape index (κ3) is 3.92. The summed E-state index contributed by atoms with van der Waals surface area (Å²) in [5.41, 5.74) is 2.71. The second-order valence-electron chi connectivity index (χ2n) is 6.91. The topological polar surface area (TPSA) is 86.3 Å². The van der Waals surface area contributed by atoms with Gasteiger partial charge in [0.2, 0.25) is 5.95 Å². The maximum absolute atomic E-state index is 6.29. The van der Waals surface area contributed by atoms with Gasteiger partial charge in [-0.2, -0.15) is 5.10 Å². The Morgan fingerprint density at radius 3 is 2.62 bits per heavy atom. The zero-order valence-electron chi connectivity index (χ0n) is 17.2. The minimum Gasteiger partial charge on any atom is -0.308 e. The van der Waals surface area contributed by atoms with E-state index in [1.165, 1.54) is 6.33 Å². The second-order valence-corrected chi connectivity index (χ2v) is 8.26. The molecule has 2 aromatic carbocycles. The number of nitrogens with zero attached hydrogens (tertiary/aromatic N) is 7. The molecule has 5 rings (SSSR count). The van der Waals surface area contributed by atoms with E-state index in [4.69, 9.17) is 11.6 Å². The largest absolute Gasteiger partial charge is 0.308 e. The normalized spacial score (nSPS) is 11.2. The van der Waals surface area contributed by atoms with E-state index < -0.39 is 0 Å². The Balaban J connectivity index is 1.42. The van der Waals surface area contributed by atoms with E-state index in [9.17, 15) is 0 Å². The van der Waals surface area contributed by atoms with Crippen molar-refractivity contribution in [2.75, 3.05) is 5.32 Å². The van der Waals surface area contributed by atoms with Gasteiger partial charge in [-0.05, 0) is 30.7 Å². The number of fused-ring (bicyclic) bond motifs is 1. The maximum Gasteiger partial charge on any atom is 0.230 e. The Kier molecular flexibility index (Phi) is 5.74. The Bertz CT molecular complexity index is 1370. The SMILES string of the molecule is CCn1c(Nc2ncnc3c2cnn3-c2ccccc2)nnc1SCc1ccccc1Cl. The van der Waals surface area contributed by atoms with E-state index in [1.54, 1.807) is 22.6 Å². The average Bonchev–Trinajstić information content (AvgIpc) is 3.43. The molecular weight excluding hydrogens is 444 g/mol. The first kappa shape index (κ1) is 20.5. The summed E-state index contributed by atoms with van der Waals surface area (Å²) < 4.78 is 3.80. The van der Waals surface area contributed by atoms with Crippen LogP contribution in [-0.4, -0.2) is 34.5 Å². The molecule has 32 heavy (non-hydrogen) atoms. The van der Waals surface area contributed by atoms with E-state index in [-0.39, 0.29) is 0 Å². The molecule has 0 unspecified atom stereocenters. The van der Waals surface area contributed by atoms with Crippen LogP contribution in [0.25, 0.3) is 16.7 Å². The molecule has 0 bridgehead atoms. The molecule has 0 fully saturated rings. The van der Waals surface area contributed by atoms with Gasteiger partial charge in [-0.1, -0.05) is 59.8 Å². The smallest absolute Gasteiger partial charge is 0.230 e. The predicted octanol–water partition coefficient (Wildman–Crippen LogP) is 5.12. The fourth-order valence-corrected chi connectivity index (χ4v) is 4.63. The van der Waals surface area contributed by atoms with Crippen molar-refractivity contribution < 1.29 is 0 Å². The third-order valence-corrected chi connectivity index (χ3v) is 6.33. The number of para-hydroxylation sites is 1. The predicted molar refractivity (Wildman–Crippen MR) is 127 cm³/mol. The van der Waals surface area contributed by atoms with Crippen molar-refractivity contribution in [1.29, 1.82) is 0 Å². The summed E-state index contributed by atoms with van der Waals surface area (Å²) in [5.74, 6) is 1.95. The number of halogens is 1. The van der Waals surface area contributed by atoms with Crippen LogP contribution < -0.4 is 5.32 Å². The zero-order valence-corrected chi connectivity index (χ0v) is 18.8. The summed E-state index contributed by atoms with van der Waals surface area (Å²) in [6.07, 6.45) is 3.27. The lowest BCUT2D eigenvalue weighted by molar-refractivity contribution is 0.688. The highest BCUT2D eigenvalue weighted by atomic mass is 35.5. The first-order chi connectivity index (χ1) is 15.7. The molecule has 0 saturated heterocycles. The van der Waals surface area contributed by atoms with Crippen molar-refractivity contribution >= 4 is 46.2 Å². The van der Waals surface area contributed by atoms with Crippen LogP contribution in [0.1, 0.15) is 12.5 Å². The summed E-state index contributed by atoms with van der Waals surface area (Å²) in [6, 6.07) is 17.7. The van der Waals surface area contributed by atoms with Gasteiger partial charge in [-0.3, -0.25) is 4.57 Å². The third-order valence-electron chi connectivity index (χ3n) is 4.94. The molecule has 0 saturated carbocycles. The van der Waals surface area contributed by atoms with E-state index in [2.05, 4.69) is 37.5 Å². The fraction of sp³-hybridized carbons (Fsp3) is 0.136. The molecule has 5 aromatic rings. The van der Waals surface area contributed by atoms with Gasteiger partial charge in [0.25, 0.3) is 0 Å². The molecule has 10 heteroatoms. The van der Waals surface area contributed by atoms with Gasteiger partial charge in [-0.25, -0.2) is 14.6 Å². The van der Waals surface area contributed by atoms with Crippen LogP contribution >= 0.6 is 23.4 Å². The molecule has 0 atom stereocenters. The summed E-state index contributed by atoms with van der Waals surface area (Å²) >= 11 is 7.88. The summed E-state index contributed by atoms with van der Waals surface area (Å²) in [6.45, 7) is 2.76. The minimum atomic E-state index is 0.613. The Morgan fingerprint density at radius 1 is 1.00 bits per heavy atom. The lowest BCUT2D eigenvalue weighted by Gasteiger charge is -2.09. The molecule has 0 aliphatic rings. The Morgan fingerprint density at radius 2 is 1.81 bits per heavy atom. The number of thioether (sulfide) groups is 1. The molecule has 8 nitrogen and oxygen atoms in total. The van der Waals surface area contributed by atoms with E-state index in [1.807, 2.05) is 59.2 Å². The summed E-state index contributed by atoms with van der Waals surface area (Å²) in [5, 5.41) is 18.9. The first-order valence-corrected chi connectivity index (χ1v) is 11.4. The highest BCUT2D eigenvalue weighted by Gasteiger charge is 2.16. The quantitative estimate of drug-likeness (QED) is 0.336. The maximum atomic E-state index is 6.29. The van der Waals surface area contributed by atoms with Crippen LogP contribution in [0.4, 0.5) is 11.8 Å². The number of hydrogen-bond acceptors (Lipinski definition) is 7. The van der Waals surface area contributed by atoms with Gasteiger partial charge in [0, 0.05) is 17.3 Å². The molecule has 3 heterocycles. The van der Waals surface area contributed by atoms with Crippen LogP contribution in [0.5, 0.6) is 0 Å². The van der Waals surface area contributed by atoms with E-state index in [0.29, 0.717) is 29.7 Å². The van der Waals surface area contributed by atoms with Crippen molar-refractivity contribution in [1.82, 2.24) is 34.5 Å². The molecule has 0 aliphatic heterocycles. The number of anilines is 2. The molecule has 0 radical (unpaired) electrons. The van der Waals surface area contributed by atoms with Gasteiger partial charge in [0.1, 0.15) is 12.1 Å². The van der Waals surface area contributed by atoms with Crippen LogP contribution in [0, 0.1) is 0 Å². The van der Waals surface area contributed by atoms with Crippen molar-refractivity contribution in [2.24, 2.45) is 0 Å². The van der Waals surface area contributed by atoms with E-state index in [0.717, 1.165) is 26.8 Å². The molecule has 0 amide bonds. The summed E-state index contributed by atoms with van der Waals surface area (Å²) in [4.78, 5) is 8.85. The van der Waals surface area contributed by atoms with Crippen molar-refractivity contribution in [3.8, 4) is 5.69 Å². The molecule has 0 aliphatic carbocycles. The van der Waals surface area contributed by atoms with Gasteiger partial charge >= 0.3 is 0 Å². The molecule has 1 N–H and O–H groups in total. The Hall–Kier alpha value is -3.43. The molecule has 0 spiro atoms. The van der Waals surface area contributed by atoms with Crippen LogP contribution in [0.3, 0.4) is 0 Å². The highest BCUT2D eigenvalue weighted by Crippen LogP contribution is 2.29. The lowest BCUT2D eigenvalue weighted by Crippen LogP contribution is -2.05. The number of rotatable bonds is 7. The van der Waals surface area contributed by atoms with E-state index >= 15 is 0 Å². The van der Waals surface area contributed by atoms with Gasteiger partial charge in [0.05, 0.1) is 17.3 Å². The van der Waals surface area contributed by atoms with Crippen LogP contribution in [0.15, 0.2) is 72.3 Å². The van der Waals surface area contributed by atoms with Gasteiger partial charge in [0.15, 0.2) is 10.8 Å². The minimum absolute atomic E-state index is 0.613. The standard InChI is InChI=1S/C22H19ClN8S/c1-2-30-21(28-29-22(30)32-13-15-8-6-7-11-18(15)23)27-19-17-12-26-31(20(17)25-14-24-19)16-9-4-3-5-10-16/h3-12,14H,2,13H2,1H3,(H,24,25,27,28). The number of hydrogen-bond donors (Lipinski definition) is 1. The fourth-order valence-electron chi connectivity index (χ4n) is 3.34. The van der Waals surface area contributed by atoms with Crippen LogP contribution in [0.2, 0.25) is 5.02 Å². The number of nitrogens with one attached hydrogen (secondary N) is 1. The average molecular weight is 463 g/mol. The Labute approximate surface area is 193 Å². The van der Waals surface area contributed by atoms with Crippen molar-refractivity contribution in [2.45, 2.75) is 24.4 Å². The van der Waals surface area contributed by atoms with Gasteiger partial charge < -0.3 is 5.32 Å². The highest BCUT2D eigenvalue weighted by molar-refractivity contribution is 7.98. The van der Waals surface area contributed by atoms with Crippen molar-refractivity contribution in [3.63, 3.8) is 0 Å². The monoisotopic (exact) mass is 462 g/mol. The lowest BCUT2D eigenvalue weighted by atomic mass is 10.2. The number of aromatic nitrogens is 7. The zero-order chi connectivity index (χ0) is 21.9. The molecule has 3 aromatic heterocycles.